The molecule has 1 saturated carbocycles. The molecular formula is C23H31N7O. The smallest absolute Gasteiger partial charge is 0.270 e. The van der Waals surface area contributed by atoms with Crippen LogP contribution in [0.2, 0.25) is 0 Å². The van der Waals surface area contributed by atoms with Gasteiger partial charge in [-0.25, -0.2) is 4.98 Å². The van der Waals surface area contributed by atoms with Gasteiger partial charge in [0.1, 0.15) is 11.3 Å². The lowest BCUT2D eigenvalue weighted by Crippen LogP contribution is -2.47. The van der Waals surface area contributed by atoms with Crippen molar-refractivity contribution in [1.29, 1.82) is 0 Å². The zero-order valence-corrected chi connectivity index (χ0v) is 18.6. The summed E-state index contributed by atoms with van der Waals surface area (Å²) >= 11 is 0. The number of anilines is 2. The van der Waals surface area contributed by atoms with Crippen LogP contribution in [-0.4, -0.2) is 68.0 Å². The SMILES string of the molecule is Cc1cc2cnc(Nc3cc(C(=O)N4CCN(C)CC4)n(C)c3)nc2n1C1CCCC1. The van der Waals surface area contributed by atoms with E-state index in [1.807, 2.05) is 35.0 Å². The third kappa shape index (κ3) is 3.80. The van der Waals surface area contributed by atoms with E-state index in [0.717, 1.165) is 42.9 Å². The van der Waals surface area contributed by atoms with Crippen molar-refractivity contribution in [2.45, 2.75) is 38.6 Å². The number of hydrogen-bond acceptors (Lipinski definition) is 5. The number of likely N-dealkylation sites (N-methyl/N-ethyl adjacent to an activating group) is 1. The molecule has 31 heavy (non-hydrogen) atoms. The Labute approximate surface area is 182 Å². The van der Waals surface area contributed by atoms with Crippen LogP contribution in [0.5, 0.6) is 0 Å². The quantitative estimate of drug-likeness (QED) is 0.700. The minimum Gasteiger partial charge on any atom is -0.344 e. The standard InChI is InChI=1S/C23H31N7O/c1-16-12-17-14-24-23(26-21(17)30(16)19-6-4-5-7-19)25-18-13-20(28(3)15-18)22(31)29-10-8-27(2)9-11-29/h12-15,19H,4-11H2,1-3H3,(H,24,25,26). The van der Waals surface area contributed by atoms with Gasteiger partial charge in [-0.05, 0) is 38.9 Å². The van der Waals surface area contributed by atoms with Gasteiger partial charge in [0.2, 0.25) is 5.95 Å². The van der Waals surface area contributed by atoms with E-state index in [9.17, 15) is 4.79 Å². The van der Waals surface area contributed by atoms with Crippen molar-refractivity contribution >= 4 is 28.6 Å². The van der Waals surface area contributed by atoms with Crippen molar-refractivity contribution in [3.8, 4) is 0 Å². The maximum Gasteiger partial charge on any atom is 0.270 e. The molecule has 1 amide bonds. The third-order valence-corrected chi connectivity index (χ3v) is 6.73. The summed E-state index contributed by atoms with van der Waals surface area (Å²) in [6, 6.07) is 4.60. The summed E-state index contributed by atoms with van der Waals surface area (Å²) in [5, 5.41) is 4.39. The highest BCUT2D eigenvalue weighted by molar-refractivity contribution is 5.94. The van der Waals surface area contributed by atoms with E-state index in [-0.39, 0.29) is 5.91 Å². The molecule has 2 aliphatic rings. The van der Waals surface area contributed by atoms with Gasteiger partial charge >= 0.3 is 0 Å². The number of nitrogens with one attached hydrogen (secondary N) is 1. The van der Waals surface area contributed by atoms with E-state index in [1.165, 1.54) is 31.4 Å². The molecule has 5 rings (SSSR count). The minimum absolute atomic E-state index is 0.0748. The van der Waals surface area contributed by atoms with E-state index >= 15 is 0 Å². The molecule has 0 bridgehead atoms. The molecule has 1 N–H and O–H groups in total. The van der Waals surface area contributed by atoms with Crippen LogP contribution in [0.25, 0.3) is 11.0 Å². The first-order valence-electron chi connectivity index (χ1n) is 11.3. The fourth-order valence-electron chi connectivity index (χ4n) is 4.97. The minimum atomic E-state index is 0.0748. The van der Waals surface area contributed by atoms with Crippen molar-refractivity contribution in [2.75, 3.05) is 38.5 Å². The van der Waals surface area contributed by atoms with Gasteiger partial charge in [-0.1, -0.05) is 12.8 Å². The summed E-state index contributed by atoms with van der Waals surface area (Å²) in [4.78, 5) is 26.5. The van der Waals surface area contributed by atoms with Gasteiger partial charge in [0.05, 0.1) is 5.69 Å². The van der Waals surface area contributed by atoms with Crippen LogP contribution in [0, 0.1) is 6.92 Å². The van der Waals surface area contributed by atoms with E-state index in [1.54, 1.807) is 0 Å². The molecule has 2 fully saturated rings. The number of rotatable bonds is 4. The zero-order chi connectivity index (χ0) is 21.5. The van der Waals surface area contributed by atoms with Crippen LogP contribution in [-0.2, 0) is 7.05 Å². The highest BCUT2D eigenvalue weighted by Gasteiger charge is 2.24. The Kier molecular flexibility index (Phi) is 5.17. The summed E-state index contributed by atoms with van der Waals surface area (Å²) in [5.41, 5.74) is 3.74. The molecule has 3 aromatic heterocycles. The lowest BCUT2D eigenvalue weighted by molar-refractivity contribution is 0.0654. The molecule has 0 radical (unpaired) electrons. The Morgan fingerprint density at radius 3 is 2.58 bits per heavy atom. The molecule has 1 saturated heterocycles. The number of nitrogens with zero attached hydrogens (tertiary/aromatic N) is 6. The first-order valence-corrected chi connectivity index (χ1v) is 11.3. The zero-order valence-electron chi connectivity index (χ0n) is 18.6. The molecule has 164 valence electrons. The van der Waals surface area contributed by atoms with E-state index in [0.29, 0.717) is 17.7 Å². The van der Waals surface area contributed by atoms with Gasteiger partial charge in [0.15, 0.2) is 0 Å². The monoisotopic (exact) mass is 421 g/mol. The van der Waals surface area contributed by atoms with Crippen LogP contribution >= 0.6 is 0 Å². The number of carbonyl (C=O) groups excluding carboxylic acids is 1. The lowest BCUT2D eigenvalue weighted by atomic mass is 10.2. The Bertz CT molecular complexity index is 1100. The summed E-state index contributed by atoms with van der Waals surface area (Å²) < 4.78 is 4.26. The molecule has 4 heterocycles. The first kappa shape index (κ1) is 20.1. The van der Waals surface area contributed by atoms with Gasteiger partial charge in [-0.2, -0.15) is 4.98 Å². The molecule has 0 unspecified atom stereocenters. The summed E-state index contributed by atoms with van der Waals surface area (Å²) in [6.07, 6.45) is 8.82. The second-order valence-electron chi connectivity index (χ2n) is 9.01. The largest absolute Gasteiger partial charge is 0.344 e. The molecule has 8 nitrogen and oxygen atoms in total. The lowest BCUT2D eigenvalue weighted by Gasteiger charge is -2.32. The second-order valence-corrected chi connectivity index (χ2v) is 9.01. The number of carbonyl (C=O) groups is 1. The summed E-state index contributed by atoms with van der Waals surface area (Å²) in [5.74, 6) is 0.639. The van der Waals surface area contributed by atoms with Gasteiger partial charge < -0.3 is 24.3 Å². The van der Waals surface area contributed by atoms with Crippen LogP contribution in [0.3, 0.4) is 0 Å². The van der Waals surface area contributed by atoms with Crippen LogP contribution in [0.4, 0.5) is 11.6 Å². The maximum atomic E-state index is 13.0. The van der Waals surface area contributed by atoms with Crippen LogP contribution in [0.15, 0.2) is 24.5 Å². The Morgan fingerprint density at radius 1 is 1.10 bits per heavy atom. The van der Waals surface area contributed by atoms with Crippen molar-refractivity contribution in [2.24, 2.45) is 7.05 Å². The fraction of sp³-hybridized carbons (Fsp3) is 0.522. The molecule has 0 spiro atoms. The van der Waals surface area contributed by atoms with Gasteiger partial charge in [-0.3, -0.25) is 4.79 Å². The van der Waals surface area contributed by atoms with E-state index in [4.69, 9.17) is 4.98 Å². The Morgan fingerprint density at radius 2 is 1.84 bits per heavy atom. The van der Waals surface area contributed by atoms with E-state index in [2.05, 4.69) is 39.8 Å². The number of fused-ring (bicyclic) bond motifs is 1. The summed E-state index contributed by atoms with van der Waals surface area (Å²) in [6.45, 7) is 5.51. The van der Waals surface area contributed by atoms with Crippen molar-refractivity contribution < 1.29 is 4.79 Å². The topological polar surface area (TPSA) is 71.2 Å². The molecule has 1 aliphatic carbocycles. The average molecular weight is 422 g/mol. The molecule has 1 aliphatic heterocycles. The Balaban J connectivity index is 1.38. The van der Waals surface area contributed by atoms with Crippen molar-refractivity contribution in [3.63, 3.8) is 0 Å². The molecular weight excluding hydrogens is 390 g/mol. The first-order chi connectivity index (χ1) is 15.0. The number of hydrogen-bond donors (Lipinski definition) is 1. The molecule has 0 atom stereocenters. The average Bonchev–Trinajstić information content (AvgIpc) is 3.46. The van der Waals surface area contributed by atoms with Gasteiger partial charge in [-0.15, -0.1) is 0 Å². The third-order valence-electron chi connectivity index (χ3n) is 6.73. The van der Waals surface area contributed by atoms with Crippen LogP contribution in [0.1, 0.15) is 47.9 Å². The van der Waals surface area contributed by atoms with Crippen LogP contribution < -0.4 is 5.32 Å². The normalized spacial score (nSPS) is 18.2. The van der Waals surface area contributed by atoms with Crippen molar-refractivity contribution in [3.05, 3.63) is 35.9 Å². The van der Waals surface area contributed by atoms with Crippen molar-refractivity contribution in [1.82, 2.24) is 28.9 Å². The number of aromatic nitrogens is 4. The molecule has 3 aromatic rings. The van der Waals surface area contributed by atoms with Gasteiger partial charge in [0.25, 0.3) is 5.91 Å². The van der Waals surface area contributed by atoms with E-state index < -0.39 is 0 Å². The Hall–Kier alpha value is -2.87. The highest BCUT2D eigenvalue weighted by atomic mass is 16.2. The predicted octanol–water partition coefficient (Wildman–Crippen LogP) is 3.32. The van der Waals surface area contributed by atoms with Gasteiger partial charge in [0, 0.05) is 62.7 Å². The highest BCUT2D eigenvalue weighted by Crippen LogP contribution is 2.34. The second kappa shape index (κ2) is 8.00. The summed E-state index contributed by atoms with van der Waals surface area (Å²) in [7, 11) is 4.00. The fourth-order valence-corrected chi connectivity index (χ4v) is 4.97. The molecule has 8 heteroatoms. The predicted molar refractivity (Wildman–Crippen MR) is 122 cm³/mol. The number of aryl methyl sites for hydroxylation is 2. The molecule has 0 aromatic carbocycles. The maximum absolute atomic E-state index is 13.0. The number of piperazine rings is 1. The number of amides is 1.